The van der Waals surface area contributed by atoms with Crippen molar-refractivity contribution in [2.24, 2.45) is 0 Å². The van der Waals surface area contributed by atoms with Gasteiger partial charge in [0.1, 0.15) is 6.04 Å². The third-order valence-corrected chi connectivity index (χ3v) is 2.28. The van der Waals surface area contributed by atoms with Crippen LogP contribution < -0.4 is 0 Å². The fourth-order valence-electron chi connectivity index (χ4n) is 1.55. The van der Waals surface area contributed by atoms with Gasteiger partial charge in [-0.25, -0.2) is 0 Å². The van der Waals surface area contributed by atoms with Gasteiger partial charge in [0.15, 0.2) is 0 Å². The monoisotopic (exact) mass is 283 g/mol. The molecule has 1 unspecified atom stereocenters. The first kappa shape index (κ1) is 16.7. The average molecular weight is 284 g/mol. The summed E-state index contributed by atoms with van der Waals surface area (Å²) in [5, 5.41) is 8.97. The van der Waals surface area contributed by atoms with E-state index in [9.17, 15) is 18.0 Å². The smallest absolute Gasteiger partial charge is 0.416 e. The van der Waals surface area contributed by atoms with Crippen molar-refractivity contribution in [1.29, 1.82) is 0 Å². The Morgan fingerprint density at radius 3 is 2.28 bits per heavy atom. The molecule has 7 heteroatoms. The van der Waals surface area contributed by atoms with Crippen molar-refractivity contribution in [3.05, 3.63) is 35.4 Å². The van der Waals surface area contributed by atoms with E-state index in [1.54, 1.807) is 0 Å². The Morgan fingerprint density at radius 1 is 1.33 bits per heavy atom. The molecule has 0 radical (unpaired) electrons. The standard InChI is InChI=1S/C11H12F3NO2.ClH/c1-15(2)9(10(16)17)7-4-3-5-8(6-7)11(12,13)14;/h3-6,9H,1-2H3,(H,16,17);1H. The second kappa shape index (κ2) is 6.06. The number of hydrogen-bond acceptors (Lipinski definition) is 2. The summed E-state index contributed by atoms with van der Waals surface area (Å²) in [6.45, 7) is 0. The minimum atomic E-state index is -4.47. The van der Waals surface area contributed by atoms with Gasteiger partial charge in [0.05, 0.1) is 5.56 Å². The van der Waals surface area contributed by atoms with Crippen LogP contribution in [0.5, 0.6) is 0 Å². The summed E-state index contributed by atoms with van der Waals surface area (Å²) in [4.78, 5) is 12.3. The van der Waals surface area contributed by atoms with Crippen molar-refractivity contribution in [2.75, 3.05) is 14.1 Å². The number of carboxylic acids is 1. The third kappa shape index (κ3) is 3.89. The van der Waals surface area contributed by atoms with Gasteiger partial charge < -0.3 is 5.11 Å². The Bertz CT molecular complexity index is 421. The molecule has 0 saturated carbocycles. The summed E-state index contributed by atoms with van der Waals surface area (Å²) >= 11 is 0. The van der Waals surface area contributed by atoms with Gasteiger partial charge in [0.2, 0.25) is 0 Å². The minimum Gasteiger partial charge on any atom is -0.480 e. The van der Waals surface area contributed by atoms with Crippen LogP contribution in [0.1, 0.15) is 17.2 Å². The summed E-state index contributed by atoms with van der Waals surface area (Å²) in [5.74, 6) is -1.19. The van der Waals surface area contributed by atoms with Crippen LogP contribution in [0, 0.1) is 0 Å². The van der Waals surface area contributed by atoms with Gasteiger partial charge in [-0.2, -0.15) is 13.2 Å². The molecule has 0 aromatic heterocycles. The van der Waals surface area contributed by atoms with Gasteiger partial charge in [0, 0.05) is 0 Å². The van der Waals surface area contributed by atoms with Crippen LogP contribution in [0.4, 0.5) is 13.2 Å². The Hall–Kier alpha value is -1.27. The first-order valence-electron chi connectivity index (χ1n) is 4.80. The fraction of sp³-hybridized carbons (Fsp3) is 0.364. The van der Waals surface area contributed by atoms with E-state index in [2.05, 4.69) is 0 Å². The summed E-state index contributed by atoms with van der Waals surface area (Å²) in [6, 6.07) is 3.26. The minimum absolute atomic E-state index is 0. The van der Waals surface area contributed by atoms with Crippen molar-refractivity contribution in [3.63, 3.8) is 0 Å². The quantitative estimate of drug-likeness (QED) is 0.927. The molecule has 0 bridgehead atoms. The van der Waals surface area contributed by atoms with Crippen LogP contribution >= 0.6 is 12.4 Å². The van der Waals surface area contributed by atoms with Crippen molar-refractivity contribution < 1.29 is 23.1 Å². The lowest BCUT2D eigenvalue weighted by Gasteiger charge is -2.21. The summed E-state index contributed by atoms with van der Waals surface area (Å²) in [5.41, 5.74) is -0.736. The molecule has 0 aliphatic heterocycles. The number of aliphatic carboxylic acids is 1. The lowest BCUT2D eigenvalue weighted by Crippen LogP contribution is -2.27. The number of nitrogens with zero attached hydrogens (tertiary/aromatic N) is 1. The lowest BCUT2D eigenvalue weighted by atomic mass is 10.0. The molecule has 0 fully saturated rings. The van der Waals surface area contributed by atoms with Crippen LogP contribution in [0.3, 0.4) is 0 Å². The van der Waals surface area contributed by atoms with E-state index in [4.69, 9.17) is 5.11 Å². The molecular formula is C11H13ClF3NO2. The maximum absolute atomic E-state index is 12.5. The number of carbonyl (C=O) groups is 1. The molecular weight excluding hydrogens is 271 g/mol. The first-order valence-corrected chi connectivity index (χ1v) is 4.80. The second-order valence-electron chi connectivity index (χ2n) is 3.83. The van der Waals surface area contributed by atoms with E-state index in [0.29, 0.717) is 0 Å². The molecule has 18 heavy (non-hydrogen) atoms. The lowest BCUT2D eigenvalue weighted by molar-refractivity contribution is -0.143. The maximum atomic E-state index is 12.5. The molecule has 3 nitrogen and oxygen atoms in total. The van der Waals surface area contributed by atoms with E-state index >= 15 is 0 Å². The number of rotatable bonds is 3. The maximum Gasteiger partial charge on any atom is 0.416 e. The average Bonchev–Trinajstić information content (AvgIpc) is 2.15. The van der Waals surface area contributed by atoms with Gasteiger partial charge in [-0.3, -0.25) is 9.69 Å². The Labute approximate surface area is 109 Å². The molecule has 102 valence electrons. The predicted octanol–water partition coefficient (Wildman–Crippen LogP) is 2.81. The van der Waals surface area contributed by atoms with Crippen molar-refractivity contribution in [3.8, 4) is 0 Å². The van der Waals surface area contributed by atoms with Crippen LogP contribution in [-0.2, 0) is 11.0 Å². The second-order valence-corrected chi connectivity index (χ2v) is 3.83. The summed E-state index contributed by atoms with van der Waals surface area (Å²) in [6.07, 6.45) is -4.47. The zero-order valence-corrected chi connectivity index (χ0v) is 10.5. The van der Waals surface area contributed by atoms with Gasteiger partial charge in [0.25, 0.3) is 0 Å². The van der Waals surface area contributed by atoms with Crippen molar-refractivity contribution in [2.45, 2.75) is 12.2 Å². The number of hydrogen-bond donors (Lipinski definition) is 1. The highest BCUT2D eigenvalue weighted by Gasteiger charge is 2.32. The Kier molecular flexibility index (Phi) is 5.63. The molecule has 1 N–H and O–H groups in total. The van der Waals surface area contributed by atoms with E-state index in [1.165, 1.54) is 31.1 Å². The normalized spacial score (nSPS) is 13.0. The predicted molar refractivity (Wildman–Crippen MR) is 62.8 cm³/mol. The molecule has 1 rings (SSSR count). The molecule has 1 atom stereocenters. The van der Waals surface area contributed by atoms with Gasteiger partial charge in [-0.05, 0) is 31.8 Å². The molecule has 0 aliphatic rings. The summed E-state index contributed by atoms with van der Waals surface area (Å²) < 4.78 is 37.4. The summed E-state index contributed by atoms with van der Waals surface area (Å²) in [7, 11) is 3.00. The number of alkyl halides is 3. The molecule has 1 aromatic carbocycles. The molecule has 0 spiro atoms. The molecule has 0 aliphatic carbocycles. The van der Waals surface area contributed by atoms with Crippen LogP contribution in [0.15, 0.2) is 24.3 Å². The van der Waals surface area contributed by atoms with Crippen LogP contribution in [-0.4, -0.2) is 30.1 Å². The molecule has 1 aromatic rings. The highest BCUT2D eigenvalue weighted by atomic mass is 35.5. The Morgan fingerprint density at radius 2 is 1.89 bits per heavy atom. The number of likely N-dealkylation sites (N-methyl/N-ethyl adjacent to an activating group) is 1. The topological polar surface area (TPSA) is 40.5 Å². The van der Waals surface area contributed by atoms with Crippen molar-refractivity contribution >= 4 is 18.4 Å². The largest absolute Gasteiger partial charge is 0.480 e. The Balaban J connectivity index is 0.00000289. The highest BCUT2D eigenvalue weighted by Crippen LogP contribution is 2.31. The highest BCUT2D eigenvalue weighted by molar-refractivity contribution is 5.85. The number of halogens is 4. The molecule has 0 heterocycles. The van der Waals surface area contributed by atoms with E-state index < -0.39 is 23.8 Å². The van der Waals surface area contributed by atoms with Gasteiger partial charge in [-0.1, -0.05) is 12.1 Å². The van der Waals surface area contributed by atoms with Gasteiger partial charge in [-0.15, -0.1) is 12.4 Å². The van der Waals surface area contributed by atoms with Gasteiger partial charge >= 0.3 is 12.1 Å². The van der Waals surface area contributed by atoms with Crippen LogP contribution in [0.25, 0.3) is 0 Å². The zero-order chi connectivity index (χ0) is 13.2. The van der Waals surface area contributed by atoms with E-state index in [-0.39, 0.29) is 18.0 Å². The van der Waals surface area contributed by atoms with E-state index in [1.807, 2.05) is 0 Å². The SMILES string of the molecule is CN(C)C(C(=O)O)c1cccc(C(F)(F)F)c1.Cl. The molecule has 0 amide bonds. The third-order valence-electron chi connectivity index (χ3n) is 2.28. The van der Waals surface area contributed by atoms with Crippen LogP contribution in [0.2, 0.25) is 0 Å². The number of benzene rings is 1. The fourth-order valence-corrected chi connectivity index (χ4v) is 1.55. The van der Waals surface area contributed by atoms with E-state index in [0.717, 1.165) is 12.1 Å². The molecule has 0 saturated heterocycles. The first-order chi connectivity index (χ1) is 7.73. The number of carboxylic acid groups (broad SMARTS) is 1. The van der Waals surface area contributed by atoms with Crippen molar-refractivity contribution in [1.82, 2.24) is 4.90 Å². The zero-order valence-electron chi connectivity index (χ0n) is 9.73.